The first-order valence-electron chi connectivity index (χ1n) is 6.72. The average molecular weight is 287 g/mol. The molecular weight excluding hydrogens is 270 g/mol. The molecule has 2 aromatic rings. The largest absolute Gasteiger partial charge is 0.343 e. The summed E-state index contributed by atoms with van der Waals surface area (Å²) in [6.07, 6.45) is 3.89. The number of carbonyl (C=O) groups excluding carboxylic acids is 1. The number of anilines is 1. The third-order valence-corrected chi connectivity index (χ3v) is 3.27. The average Bonchev–Trinajstić information content (AvgIpc) is 3.23. The van der Waals surface area contributed by atoms with Gasteiger partial charge in [-0.25, -0.2) is 20.5 Å². The van der Waals surface area contributed by atoms with Gasteiger partial charge in [0.2, 0.25) is 0 Å². The Morgan fingerprint density at radius 3 is 2.81 bits per heavy atom. The number of nitrogens with two attached hydrogens (primary N) is 1. The van der Waals surface area contributed by atoms with Crippen molar-refractivity contribution in [3.63, 3.8) is 0 Å². The number of aromatic nitrogens is 4. The van der Waals surface area contributed by atoms with Crippen molar-refractivity contribution in [3.05, 3.63) is 29.8 Å². The third-order valence-electron chi connectivity index (χ3n) is 3.27. The van der Waals surface area contributed by atoms with E-state index in [1.807, 2.05) is 0 Å². The van der Waals surface area contributed by atoms with Gasteiger partial charge in [-0.2, -0.15) is 5.10 Å². The van der Waals surface area contributed by atoms with Gasteiger partial charge in [0.05, 0.1) is 0 Å². The molecule has 1 saturated carbocycles. The minimum Gasteiger partial charge on any atom is -0.343 e. The lowest BCUT2D eigenvalue weighted by Crippen LogP contribution is -2.22. The zero-order chi connectivity index (χ0) is 15.0. The van der Waals surface area contributed by atoms with Crippen LogP contribution in [0.4, 0.5) is 5.82 Å². The lowest BCUT2D eigenvalue weighted by Gasteiger charge is -2.08. The molecule has 3 N–H and O–H groups in total. The molecule has 0 saturated heterocycles. The van der Waals surface area contributed by atoms with Crippen molar-refractivity contribution in [2.75, 3.05) is 19.5 Å². The smallest absolute Gasteiger partial charge is 0.273 e. The second-order valence-electron chi connectivity index (χ2n) is 5.23. The predicted octanol–water partition coefficient (Wildman–Crippen LogP) is 0.527. The molecule has 110 valence electrons. The molecule has 2 heterocycles. The van der Waals surface area contributed by atoms with Crippen LogP contribution in [0.3, 0.4) is 0 Å². The molecule has 2 aromatic heterocycles. The van der Waals surface area contributed by atoms with Crippen LogP contribution < -0.4 is 11.3 Å². The van der Waals surface area contributed by atoms with Crippen LogP contribution in [0.15, 0.2) is 18.3 Å². The summed E-state index contributed by atoms with van der Waals surface area (Å²) in [7, 11) is 3.38. The highest BCUT2D eigenvalue weighted by atomic mass is 16.2. The molecule has 0 aliphatic heterocycles. The quantitative estimate of drug-likeness (QED) is 0.628. The Kier molecular flexibility index (Phi) is 3.30. The number of nitrogens with one attached hydrogen (secondary N) is 1. The van der Waals surface area contributed by atoms with E-state index in [4.69, 9.17) is 5.84 Å². The van der Waals surface area contributed by atoms with Crippen molar-refractivity contribution < 1.29 is 4.79 Å². The number of hydrogen-bond donors (Lipinski definition) is 2. The number of rotatable bonds is 4. The van der Waals surface area contributed by atoms with Crippen LogP contribution in [-0.4, -0.2) is 44.7 Å². The molecule has 0 aromatic carbocycles. The summed E-state index contributed by atoms with van der Waals surface area (Å²) in [4.78, 5) is 22.2. The number of amides is 1. The zero-order valence-corrected chi connectivity index (χ0v) is 11.9. The summed E-state index contributed by atoms with van der Waals surface area (Å²) in [5.74, 6) is 7.59. The Hall–Kier alpha value is -2.48. The molecule has 0 spiro atoms. The van der Waals surface area contributed by atoms with Crippen LogP contribution in [-0.2, 0) is 0 Å². The molecule has 1 amide bonds. The summed E-state index contributed by atoms with van der Waals surface area (Å²) in [5, 5.41) is 4.26. The molecule has 1 aliphatic rings. The fourth-order valence-electron chi connectivity index (χ4n) is 1.96. The fraction of sp³-hybridized carbons (Fsp3) is 0.385. The Balaban J connectivity index is 1.96. The lowest BCUT2D eigenvalue weighted by atomic mass is 10.4. The summed E-state index contributed by atoms with van der Waals surface area (Å²) in [6, 6.07) is 3.36. The van der Waals surface area contributed by atoms with Gasteiger partial charge < -0.3 is 10.3 Å². The minimum atomic E-state index is -0.151. The predicted molar refractivity (Wildman–Crippen MR) is 77.0 cm³/mol. The maximum atomic E-state index is 11.9. The molecular formula is C13H17N7O. The van der Waals surface area contributed by atoms with Crippen molar-refractivity contribution in [1.29, 1.82) is 0 Å². The van der Waals surface area contributed by atoms with E-state index >= 15 is 0 Å². The van der Waals surface area contributed by atoms with Crippen LogP contribution in [0.2, 0.25) is 0 Å². The number of nitrogens with zero attached hydrogens (tertiary/aromatic N) is 5. The molecule has 1 fully saturated rings. The van der Waals surface area contributed by atoms with Gasteiger partial charge in [0.25, 0.3) is 5.91 Å². The Bertz CT molecular complexity index is 675. The van der Waals surface area contributed by atoms with E-state index in [0.29, 0.717) is 23.2 Å². The topological polar surface area (TPSA) is 102 Å². The maximum absolute atomic E-state index is 11.9. The van der Waals surface area contributed by atoms with Gasteiger partial charge in [-0.1, -0.05) is 0 Å². The zero-order valence-electron chi connectivity index (χ0n) is 11.9. The Morgan fingerprint density at radius 1 is 1.43 bits per heavy atom. The second-order valence-corrected chi connectivity index (χ2v) is 5.23. The summed E-state index contributed by atoms with van der Waals surface area (Å²) in [6.45, 7) is 0. The van der Waals surface area contributed by atoms with Gasteiger partial charge in [-0.05, 0) is 18.9 Å². The summed E-state index contributed by atoms with van der Waals surface area (Å²) < 4.78 is 1.56. The SMILES string of the molecule is CN(C)C(=O)c1ccn(-c2cc(NN)nc(C3CC3)n2)n1. The van der Waals surface area contributed by atoms with Gasteiger partial charge in [-0.15, -0.1) is 0 Å². The molecule has 3 rings (SSSR count). The van der Waals surface area contributed by atoms with Gasteiger partial charge in [-0.3, -0.25) is 4.79 Å². The lowest BCUT2D eigenvalue weighted by molar-refractivity contribution is 0.0821. The fourth-order valence-corrected chi connectivity index (χ4v) is 1.96. The standard InChI is InChI=1S/C13H17N7O/c1-19(2)13(21)9-5-6-20(18-9)11-7-10(17-14)15-12(16-11)8-3-4-8/h5-8H,3-4,14H2,1-2H3,(H,15,16,17). The number of hydrazine groups is 1. The van der Waals surface area contributed by atoms with Crippen LogP contribution in [0.5, 0.6) is 0 Å². The van der Waals surface area contributed by atoms with Crippen LogP contribution in [0.1, 0.15) is 35.1 Å². The van der Waals surface area contributed by atoms with Gasteiger partial charge >= 0.3 is 0 Å². The number of nitrogen functional groups attached to an aromatic ring is 1. The normalized spacial score (nSPS) is 14.0. The highest BCUT2D eigenvalue weighted by Gasteiger charge is 2.27. The molecule has 0 radical (unpaired) electrons. The van der Waals surface area contributed by atoms with E-state index in [1.165, 1.54) is 4.90 Å². The van der Waals surface area contributed by atoms with Crippen molar-refractivity contribution >= 4 is 11.7 Å². The Morgan fingerprint density at radius 2 is 2.19 bits per heavy atom. The molecule has 8 nitrogen and oxygen atoms in total. The van der Waals surface area contributed by atoms with Crippen LogP contribution >= 0.6 is 0 Å². The van der Waals surface area contributed by atoms with Gasteiger partial charge in [0, 0.05) is 32.3 Å². The first-order chi connectivity index (χ1) is 10.1. The van der Waals surface area contributed by atoms with Crippen LogP contribution in [0, 0.1) is 0 Å². The van der Waals surface area contributed by atoms with E-state index in [9.17, 15) is 4.79 Å². The minimum absolute atomic E-state index is 0.151. The third kappa shape index (κ3) is 2.70. The molecule has 21 heavy (non-hydrogen) atoms. The molecule has 0 bridgehead atoms. The molecule has 1 aliphatic carbocycles. The van der Waals surface area contributed by atoms with Crippen molar-refractivity contribution in [1.82, 2.24) is 24.6 Å². The van der Waals surface area contributed by atoms with E-state index in [2.05, 4.69) is 20.5 Å². The first-order valence-corrected chi connectivity index (χ1v) is 6.72. The van der Waals surface area contributed by atoms with Crippen LogP contribution in [0.25, 0.3) is 5.82 Å². The maximum Gasteiger partial charge on any atom is 0.273 e. The Labute approximate surface area is 122 Å². The molecule has 0 atom stereocenters. The van der Waals surface area contributed by atoms with Gasteiger partial charge in [0.15, 0.2) is 11.5 Å². The summed E-state index contributed by atoms with van der Waals surface area (Å²) >= 11 is 0. The van der Waals surface area contributed by atoms with E-state index in [1.54, 1.807) is 37.1 Å². The van der Waals surface area contributed by atoms with E-state index < -0.39 is 0 Å². The highest BCUT2D eigenvalue weighted by molar-refractivity contribution is 5.91. The van der Waals surface area contributed by atoms with Crippen molar-refractivity contribution in [3.8, 4) is 5.82 Å². The second kappa shape index (κ2) is 5.13. The molecule has 8 heteroatoms. The number of hydrogen-bond acceptors (Lipinski definition) is 6. The molecule has 0 unspecified atom stereocenters. The van der Waals surface area contributed by atoms with Crippen molar-refractivity contribution in [2.24, 2.45) is 5.84 Å². The van der Waals surface area contributed by atoms with Crippen molar-refractivity contribution in [2.45, 2.75) is 18.8 Å². The number of carbonyl (C=O) groups is 1. The summed E-state index contributed by atoms with van der Waals surface area (Å²) in [5.41, 5.74) is 2.91. The van der Waals surface area contributed by atoms with Gasteiger partial charge in [0.1, 0.15) is 11.6 Å². The monoisotopic (exact) mass is 287 g/mol. The van der Waals surface area contributed by atoms with E-state index in [0.717, 1.165) is 18.7 Å². The first kappa shape index (κ1) is 13.5. The van der Waals surface area contributed by atoms with E-state index in [-0.39, 0.29) is 5.91 Å². The highest BCUT2D eigenvalue weighted by Crippen LogP contribution is 2.38.